The Labute approximate surface area is 133 Å². The molecule has 21 heavy (non-hydrogen) atoms. The predicted molar refractivity (Wildman–Crippen MR) is 89.2 cm³/mol. The van der Waals surface area contributed by atoms with Gasteiger partial charge in [0.25, 0.3) is 0 Å². The first-order chi connectivity index (χ1) is 10.2. The average molecular weight is 308 g/mol. The van der Waals surface area contributed by atoms with E-state index in [-0.39, 0.29) is 0 Å². The summed E-state index contributed by atoms with van der Waals surface area (Å²) < 4.78 is 0. The van der Waals surface area contributed by atoms with E-state index in [2.05, 4.69) is 47.2 Å². The molecule has 0 spiro atoms. The molecule has 2 unspecified atom stereocenters. The van der Waals surface area contributed by atoms with Gasteiger partial charge in [0.1, 0.15) is 0 Å². The third-order valence-corrected chi connectivity index (χ3v) is 5.25. The number of rotatable bonds is 5. The molecule has 3 aliphatic heterocycles. The fourth-order valence-corrected chi connectivity index (χ4v) is 4.01. The van der Waals surface area contributed by atoms with Crippen molar-refractivity contribution in [2.75, 3.05) is 39.3 Å². The summed E-state index contributed by atoms with van der Waals surface area (Å²) >= 11 is 6.44. The van der Waals surface area contributed by atoms with Crippen molar-refractivity contribution < 1.29 is 0 Å². The second kappa shape index (κ2) is 6.66. The number of halogens is 1. The number of piperazine rings is 3. The van der Waals surface area contributed by atoms with Crippen LogP contribution in [0.2, 0.25) is 5.02 Å². The first kappa shape index (κ1) is 15.3. The molecule has 0 saturated carbocycles. The van der Waals surface area contributed by atoms with Crippen molar-refractivity contribution in [2.45, 2.75) is 32.4 Å². The fraction of sp³-hybridized carbons (Fsp3) is 0.647. The number of nitrogens with one attached hydrogen (secondary N) is 1. The van der Waals surface area contributed by atoms with E-state index in [9.17, 15) is 0 Å². The van der Waals surface area contributed by atoms with Crippen LogP contribution in [0.4, 0.5) is 0 Å². The molecule has 0 amide bonds. The SMILES string of the molecule is CCNC(Cc1ccc(C)cc1Cl)C1CN2CCN1CC2. The van der Waals surface area contributed by atoms with E-state index in [1.165, 1.54) is 43.9 Å². The molecular formula is C17H26ClN3. The molecule has 2 bridgehead atoms. The number of hydrogen-bond donors (Lipinski definition) is 1. The van der Waals surface area contributed by atoms with E-state index in [4.69, 9.17) is 11.6 Å². The summed E-state index contributed by atoms with van der Waals surface area (Å²) in [5, 5.41) is 4.61. The van der Waals surface area contributed by atoms with Gasteiger partial charge in [0.05, 0.1) is 0 Å². The van der Waals surface area contributed by atoms with Gasteiger partial charge in [0, 0.05) is 49.8 Å². The maximum atomic E-state index is 6.44. The highest BCUT2D eigenvalue weighted by atomic mass is 35.5. The summed E-state index contributed by atoms with van der Waals surface area (Å²) in [5.41, 5.74) is 2.50. The Hall–Kier alpha value is -0.610. The van der Waals surface area contributed by atoms with Gasteiger partial charge in [-0.15, -0.1) is 0 Å². The van der Waals surface area contributed by atoms with Crippen LogP contribution in [0.15, 0.2) is 18.2 Å². The van der Waals surface area contributed by atoms with Crippen molar-refractivity contribution in [3.63, 3.8) is 0 Å². The summed E-state index contributed by atoms with van der Waals surface area (Å²) in [6.07, 6.45) is 1.02. The summed E-state index contributed by atoms with van der Waals surface area (Å²) in [4.78, 5) is 5.27. The van der Waals surface area contributed by atoms with Crippen LogP contribution in [0.1, 0.15) is 18.1 Å². The molecule has 4 rings (SSSR count). The molecule has 3 aliphatic rings. The molecule has 1 aromatic rings. The smallest absolute Gasteiger partial charge is 0.0441 e. The summed E-state index contributed by atoms with van der Waals surface area (Å²) in [5.74, 6) is 0. The topological polar surface area (TPSA) is 18.5 Å². The normalized spacial score (nSPS) is 29.6. The van der Waals surface area contributed by atoms with Gasteiger partial charge in [0.2, 0.25) is 0 Å². The van der Waals surface area contributed by atoms with Crippen LogP contribution in [0.25, 0.3) is 0 Å². The van der Waals surface area contributed by atoms with Gasteiger partial charge in [-0.2, -0.15) is 0 Å². The largest absolute Gasteiger partial charge is 0.312 e. The molecule has 0 aliphatic carbocycles. The molecule has 3 nitrogen and oxygen atoms in total. The molecule has 116 valence electrons. The van der Waals surface area contributed by atoms with Crippen molar-refractivity contribution in [1.82, 2.24) is 15.1 Å². The lowest BCUT2D eigenvalue weighted by molar-refractivity contribution is -0.00288. The van der Waals surface area contributed by atoms with Crippen molar-refractivity contribution in [3.05, 3.63) is 34.3 Å². The van der Waals surface area contributed by atoms with E-state index in [0.717, 1.165) is 18.0 Å². The quantitative estimate of drug-likeness (QED) is 0.899. The molecule has 3 heterocycles. The van der Waals surface area contributed by atoms with E-state index in [0.29, 0.717) is 12.1 Å². The zero-order valence-corrected chi connectivity index (χ0v) is 13.9. The standard InChI is InChI=1S/C17H26ClN3/c1-3-19-16(11-14-5-4-13(2)10-15(14)18)17-12-20-6-8-21(17)9-7-20/h4-5,10,16-17,19H,3,6-9,11-12H2,1-2H3. The molecule has 1 N–H and O–H groups in total. The van der Waals surface area contributed by atoms with Crippen molar-refractivity contribution >= 4 is 11.6 Å². The van der Waals surface area contributed by atoms with Gasteiger partial charge in [-0.25, -0.2) is 0 Å². The minimum Gasteiger partial charge on any atom is -0.312 e. The maximum absolute atomic E-state index is 6.44. The first-order valence-electron chi connectivity index (χ1n) is 8.12. The van der Waals surface area contributed by atoms with Crippen LogP contribution in [0.3, 0.4) is 0 Å². The number of nitrogens with zero attached hydrogens (tertiary/aromatic N) is 2. The Morgan fingerprint density at radius 3 is 2.62 bits per heavy atom. The highest BCUT2D eigenvalue weighted by molar-refractivity contribution is 6.31. The summed E-state index contributed by atoms with van der Waals surface area (Å²) in [6, 6.07) is 7.54. The third-order valence-electron chi connectivity index (χ3n) is 4.90. The van der Waals surface area contributed by atoms with Gasteiger partial charge >= 0.3 is 0 Å². The Balaban J connectivity index is 1.75. The second-order valence-electron chi connectivity index (χ2n) is 6.37. The highest BCUT2D eigenvalue weighted by Crippen LogP contribution is 2.24. The number of hydrogen-bond acceptors (Lipinski definition) is 3. The zero-order valence-electron chi connectivity index (χ0n) is 13.1. The van der Waals surface area contributed by atoms with E-state index < -0.39 is 0 Å². The predicted octanol–water partition coefficient (Wildman–Crippen LogP) is 2.17. The molecule has 1 aromatic carbocycles. The number of benzene rings is 1. The lowest BCUT2D eigenvalue weighted by Crippen LogP contribution is -2.66. The Bertz CT molecular complexity index is 483. The first-order valence-corrected chi connectivity index (χ1v) is 8.50. The third kappa shape index (κ3) is 3.42. The van der Waals surface area contributed by atoms with Gasteiger partial charge in [0.15, 0.2) is 0 Å². The van der Waals surface area contributed by atoms with Gasteiger partial charge < -0.3 is 5.32 Å². The molecule has 3 saturated heterocycles. The second-order valence-corrected chi connectivity index (χ2v) is 6.77. The van der Waals surface area contributed by atoms with Crippen LogP contribution < -0.4 is 5.32 Å². The molecule has 2 atom stereocenters. The van der Waals surface area contributed by atoms with Crippen LogP contribution in [0, 0.1) is 6.92 Å². The number of likely N-dealkylation sites (N-methyl/N-ethyl adjacent to an activating group) is 1. The van der Waals surface area contributed by atoms with Gasteiger partial charge in [-0.3, -0.25) is 9.80 Å². The maximum Gasteiger partial charge on any atom is 0.0441 e. The van der Waals surface area contributed by atoms with E-state index >= 15 is 0 Å². The van der Waals surface area contributed by atoms with Gasteiger partial charge in [-0.1, -0.05) is 30.7 Å². The monoisotopic (exact) mass is 307 g/mol. The highest BCUT2D eigenvalue weighted by Gasteiger charge is 2.36. The molecular weight excluding hydrogens is 282 g/mol. The molecule has 0 radical (unpaired) electrons. The fourth-order valence-electron chi connectivity index (χ4n) is 3.70. The van der Waals surface area contributed by atoms with Crippen LogP contribution in [-0.2, 0) is 6.42 Å². The zero-order chi connectivity index (χ0) is 14.8. The lowest BCUT2D eigenvalue weighted by Gasteiger charge is -2.50. The molecule has 0 aromatic heterocycles. The number of fused-ring (bicyclic) bond motifs is 3. The van der Waals surface area contributed by atoms with Crippen LogP contribution >= 0.6 is 11.6 Å². The van der Waals surface area contributed by atoms with Crippen molar-refractivity contribution in [1.29, 1.82) is 0 Å². The van der Waals surface area contributed by atoms with E-state index in [1.807, 2.05) is 0 Å². The van der Waals surface area contributed by atoms with Crippen molar-refractivity contribution in [3.8, 4) is 0 Å². The van der Waals surface area contributed by atoms with Gasteiger partial charge in [-0.05, 0) is 37.1 Å². The Kier molecular flexibility index (Phi) is 4.85. The van der Waals surface area contributed by atoms with Crippen LogP contribution in [-0.4, -0.2) is 61.2 Å². The summed E-state index contributed by atoms with van der Waals surface area (Å²) in [6.45, 7) is 11.4. The van der Waals surface area contributed by atoms with E-state index in [1.54, 1.807) is 0 Å². The lowest BCUT2D eigenvalue weighted by atomic mass is 9.94. The number of aryl methyl sites for hydroxylation is 1. The van der Waals surface area contributed by atoms with Crippen LogP contribution in [0.5, 0.6) is 0 Å². The summed E-state index contributed by atoms with van der Waals surface area (Å²) in [7, 11) is 0. The molecule has 3 fully saturated rings. The Morgan fingerprint density at radius 2 is 2.05 bits per heavy atom. The molecule has 4 heteroatoms. The average Bonchev–Trinajstić information content (AvgIpc) is 2.50. The minimum atomic E-state index is 0.485. The Morgan fingerprint density at radius 1 is 1.29 bits per heavy atom. The minimum absolute atomic E-state index is 0.485. The van der Waals surface area contributed by atoms with Crippen molar-refractivity contribution in [2.24, 2.45) is 0 Å².